The van der Waals surface area contributed by atoms with Gasteiger partial charge in [-0.15, -0.1) is 0 Å². The fourth-order valence-corrected chi connectivity index (χ4v) is 5.47. The summed E-state index contributed by atoms with van der Waals surface area (Å²) in [5, 5.41) is 2.84. The van der Waals surface area contributed by atoms with Gasteiger partial charge in [-0.1, -0.05) is 46.3 Å². The van der Waals surface area contributed by atoms with Crippen LogP contribution in [0.5, 0.6) is 5.75 Å². The summed E-state index contributed by atoms with van der Waals surface area (Å²) in [6.07, 6.45) is 0. The molecule has 0 bridgehead atoms. The summed E-state index contributed by atoms with van der Waals surface area (Å²) >= 11 is 3.47. The zero-order valence-electron chi connectivity index (χ0n) is 16.1. The minimum absolute atomic E-state index is 0.0930. The standard InChI is InChI=1S/C22H19BrN2O4S/c1-29-17-8-10-18(11-9-17)30(27,28)25-14-21(26)24-20-12-7-16(23)13-19(20)22(25)15-5-3-2-4-6-15/h2-13,22H,14H2,1H3,(H,24,26)/t22-/m1/s1. The Morgan fingerprint density at radius 1 is 1.03 bits per heavy atom. The molecule has 1 aliphatic rings. The van der Waals surface area contributed by atoms with Crippen molar-refractivity contribution >= 4 is 37.5 Å². The summed E-state index contributed by atoms with van der Waals surface area (Å²) in [5.74, 6) is 0.158. The lowest BCUT2D eigenvalue weighted by Crippen LogP contribution is -2.38. The second-order valence-electron chi connectivity index (χ2n) is 6.82. The van der Waals surface area contributed by atoms with Crippen LogP contribution in [0, 0.1) is 0 Å². The number of anilines is 1. The van der Waals surface area contributed by atoms with E-state index in [-0.39, 0.29) is 11.4 Å². The van der Waals surface area contributed by atoms with Crippen molar-refractivity contribution in [2.24, 2.45) is 0 Å². The molecule has 1 heterocycles. The van der Waals surface area contributed by atoms with Crippen LogP contribution in [0.15, 0.2) is 82.2 Å². The fourth-order valence-electron chi connectivity index (χ4n) is 3.54. The van der Waals surface area contributed by atoms with Crippen molar-refractivity contribution in [1.29, 1.82) is 0 Å². The molecular weight excluding hydrogens is 468 g/mol. The number of nitrogens with one attached hydrogen (secondary N) is 1. The van der Waals surface area contributed by atoms with Crippen LogP contribution in [0.3, 0.4) is 0 Å². The van der Waals surface area contributed by atoms with E-state index in [0.29, 0.717) is 17.0 Å². The van der Waals surface area contributed by atoms with Gasteiger partial charge in [0.1, 0.15) is 5.75 Å². The first-order valence-electron chi connectivity index (χ1n) is 9.20. The second kappa shape index (κ2) is 8.22. The Morgan fingerprint density at radius 2 is 1.73 bits per heavy atom. The van der Waals surface area contributed by atoms with E-state index in [9.17, 15) is 13.2 Å². The molecule has 3 aromatic rings. The summed E-state index contributed by atoms with van der Waals surface area (Å²) in [6.45, 7) is -0.305. The molecule has 0 radical (unpaired) electrons. The summed E-state index contributed by atoms with van der Waals surface area (Å²) in [7, 11) is -2.48. The molecule has 30 heavy (non-hydrogen) atoms. The van der Waals surface area contributed by atoms with Gasteiger partial charge < -0.3 is 10.1 Å². The molecular formula is C22H19BrN2O4S. The number of halogens is 1. The maximum absolute atomic E-state index is 13.7. The number of carbonyl (C=O) groups is 1. The number of hydrogen-bond donors (Lipinski definition) is 1. The van der Waals surface area contributed by atoms with Gasteiger partial charge in [0.25, 0.3) is 0 Å². The molecule has 1 N–H and O–H groups in total. The van der Waals surface area contributed by atoms with Crippen molar-refractivity contribution in [3.8, 4) is 5.75 Å². The zero-order valence-corrected chi connectivity index (χ0v) is 18.5. The van der Waals surface area contributed by atoms with Gasteiger partial charge in [-0.3, -0.25) is 4.79 Å². The molecule has 0 aliphatic carbocycles. The van der Waals surface area contributed by atoms with Crippen LogP contribution in [0.2, 0.25) is 0 Å². The second-order valence-corrected chi connectivity index (χ2v) is 9.62. The van der Waals surface area contributed by atoms with Crippen molar-refractivity contribution in [3.05, 3.63) is 88.4 Å². The van der Waals surface area contributed by atoms with E-state index in [1.807, 2.05) is 42.5 Å². The van der Waals surface area contributed by atoms with E-state index >= 15 is 0 Å². The van der Waals surface area contributed by atoms with Crippen molar-refractivity contribution < 1.29 is 17.9 Å². The van der Waals surface area contributed by atoms with Gasteiger partial charge in [0.15, 0.2) is 0 Å². The van der Waals surface area contributed by atoms with E-state index in [2.05, 4.69) is 21.2 Å². The number of nitrogens with zero attached hydrogens (tertiary/aromatic N) is 1. The highest BCUT2D eigenvalue weighted by Gasteiger charge is 2.38. The zero-order chi connectivity index (χ0) is 21.3. The van der Waals surface area contributed by atoms with E-state index in [4.69, 9.17) is 4.74 Å². The average Bonchev–Trinajstić information content (AvgIpc) is 2.90. The number of amides is 1. The van der Waals surface area contributed by atoms with E-state index in [0.717, 1.165) is 10.0 Å². The number of ether oxygens (including phenoxy) is 1. The lowest BCUT2D eigenvalue weighted by Gasteiger charge is -2.29. The van der Waals surface area contributed by atoms with Gasteiger partial charge in [-0.25, -0.2) is 8.42 Å². The third-order valence-corrected chi connectivity index (χ3v) is 7.27. The van der Waals surface area contributed by atoms with Crippen molar-refractivity contribution in [2.75, 3.05) is 19.0 Å². The molecule has 0 unspecified atom stereocenters. The molecule has 8 heteroatoms. The van der Waals surface area contributed by atoms with Gasteiger partial charge in [0.05, 0.1) is 24.6 Å². The minimum Gasteiger partial charge on any atom is -0.497 e. The van der Waals surface area contributed by atoms with Crippen LogP contribution in [0.25, 0.3) is 0 Å². The molecule has 0 fully saturated rings. The molecule has 3 aromatic carbocycles. The predicted molar refractivity (Wildman–Crippen MR) is 118 cm³/mol. The molecule has 6 nitrogen and oxygen atoms in total. The van der Waals surface area contributed by atoms with Gasteiger partial charge in [0.2, 0.25) is 15.9 Å². The first-order valence-corrected chi connectivity index (χ1v) is 11.4. The molecule has 0 aromatic heterocycles. The highest BCUT2D eigenvalue weighted by atomic mass is 79.9. The summed E-state index contributed by atoms with van der Waals surface area (Å²) < 4.78 is 34.5. The Kier molecular flexibility index (Phi) is 5.64. The van der Waals surface area contributed by atoms with E-state index < -0.39 is 22.0 Å². The quantitative estimate of drug-likeness (QED) is 0.599. The molecule has 0 saturated carbocycles. The monoisotopic (exact) mass is 486 g/mol. The van der Waals surface area contributed by atoms with Gasteiger partial charge in [-0.2, -0.15) is 4.31 Å². The van der Waals surface area contributed by atoms with Crippen LogP contribution in [-0.4, -0.2) is 32.3 Å². The highest BCUT2D eigenvalue weighted by Crippen LogP contribution is 2.40. The number of methoxy groups -OCH3 is 1. The first-order chi connectivity index (χ1) is 14.4. The molecule has 1 aliphatic heterocycles. The highest BCUT2D eigenvalue weighted by molar-refractivity contribution is 9.10. The SMILES string of the molecule is COc1ccc(S(=O)(=O)N2CC(=O)Nc3ccc(Br)cc3[C@H]2c2ccccc2)cc1. The minimum atomic E-state index is -3.99. The number of carbonyl (C=O) groups excluding carboxylic acids is 1. The predicted octanol–water partition coefficient (Wildman–Crippen LogP) is 4.19. The average molecular weight is 487 g/mol. The Hall–Kier alpha value is -2.68. The van der Waals surface area contributed by atoms with Crippen LogP contribution in [-0.2, 0) is 14.8 Å². The van der Waals surface area contributed by atoms with Crippen molar-refractivity contribution in [1.82, 2.24) is 4.31 Å². The Bertz CT molecular complexity index is 1180. The number of hydrogen-bond acceptors (Lipinski definition) is 4. The molecule has 0 spiro atoms. The summed E-state index contributed by atoms with van der Waals surface area (Å²) in [4.78, 5) is 12.7. The van der Waals surface area contributed by atoms with Gasteiger partial charge in [-0.05, 0) is 53.6 Å². The third kappa shape index (κ3) is 3.86. The van der Waals surface area contributed by atoms with Crippen LogP contribution < -0.4 is 10.1 Å². The van der Waals surface area contributed by atoms with Crippen LogP contribution in [0.4, 0.5) is 5.69 Å². The number of fused-ring (bicyclic) bond motifs is 1. The molecule has 0 saturated heterocycles. The molecule has 1 amide bonds. The number of benzene rings is 3. The van der Waals surface area contributed by atoms with E-state index in [1.54, 1.807) is 18.2 Å². The summed E-state index contributed by atoms with van der Waals surface area (Å²) in [5.41, 5.74) is 2.05. The van der Waals surface area contributed by atoms with Gasteiger partial charge in [0, 0.05) is 10.2 Å². The smallest absolute Gasteiger partial charge is 0.244 e. The molecule has 4 rings (SSSR count). The first kappa shape index (κ1) is 20.6. The maximum atomic E-state index is 13.7. The molecule has 1 atom stereocenters. The number of sulfonamides is 1. The maximum Gasteiger partial charge on any atom is 0.244 e. The number of rotatable bonds is 4. The lowest BCUT2D eigenvalue weighted by atomic mass is 9.97. The fraction of sp³-hybridized carbons (Fsp3) is 0.136. The van der Waals surface area contributed by atoms with Crippen molar-refractivity contribution in [2.45, 2.75) is 10.9 Å². The Morgan fingerprint density at radius 3 is 2.40 bits per heavy atom. The lowest BCUT2D eigenvalue weighted by molar-refractivity contribution is -0.116. The van der Waals surface area contributed by atoms with Crippen molar-refractivity contribution in [3.63, 3.8) is 0 Å². The summed E-state index contributed by atoms with van der Waals surface area (Å²) in [6, 6.07) is 20.2. The van der Waals surface area contributed by atoms with Crippen LogP contribution in [0.1, 0.15) is 17.2 Å². The Balaban J connectivity index is 1.92. The topological polar surface area (TPSA) is 75.7 Å². The normalized spacial score (nSPS) is 17.0. The van der Waals surface area contributed by atoms with Crippen LogP contribution >= 0.6 is 15.9 Å². The van der Waals surface area contributed by atoms with E-state index in [1.165, 1.54) is 23.5 Å². The largest absolute Gasteiger partial charge is 0.497 e. The van der Waals surface area contributed by atoms with Gasteiger partial charge >= 0.3 is 0 Å². The Labute approximate surface area is 183 Å². The third-order valence-electron chi connectivity index (χ3n) is 4.95. The molecule has 154 valence electrons.